The van der Waals surface area contributed by atoms with Gasteiger partial charge in [0.05, 0.1) is 11.6 Å². The van der Waals surface area contributed by atoms with Gasteiger partial charge in [0.15, 0.2) is 0 Å². The number of nitrogens with two attached hydrogens (primary N) is 1. The van der Waals surface area contributed by atoms with Crippen LogP contribution in [0.15, 0.2) is 36.4 Å². The Hall–Kier alpha value is -1.65. The standard InChI is InChI=1S/C15H16ClN3S/c1-9-6-7-13(14(17)20)15(18-9)19-10(2)11-4-3-5-12(16)8-11/h3-8,10H,1-2H3,(H2,17,20)(H,18,19). The summed E-state index contributed by atoms with van der Waals surface area (Å²) in [6, 6.07) is 11.5. The molecule has 3 N–H and O–H groups in total. The fourth-order valence-corrected chi connectivity index (χ4v) is 2.29. The van der Waals surface area contributed by atoms with Gasteiger partial charge in [0, 0.05) is 10.7 Å². The van der Waals surface area contributed by atoms with Crippen LogP contribution in [0.3, 0.4) is 0 Å². The molecule has 2 rings (SSSR count). The van der Waals surface area contributed by atoms with Gasteiger partial charge in [-0.05, 0) is 43.7 Å². The smallest absolute Gasteiger partial charge is 0.136 e. The Morgan fingerprint density at radius 2 is 2.10 bits per heavy atom. The van der Waals surface area contributed by atoms with E-state index in [2.05, 4.69) is 10.3 Å². The Bertz CT molecular complexity index is 643. The summed E-state index contributed by atoms with van der Waals surface area (Å²) in [5.41, 5.74) is 8.47. The zero-order chi connectivity index (χ0) is 14.7. The number of halogens is 1. The third-order valence-electron chi connectivity index (χ3n) is 3.00. The van der Waals surface area contributed by atoms with Gasteiger partial charge in [-0.15, -0.1) is 0 Å². The van der Waals surface area contributed by atoms with Crippen LogP contribution in [0.1, 0.15) is 29.8 Å². The lowest BCUT2D eigenvalue weighted by Crippen LogP contribution is -2.16. The van der Waals surface area contributed by atoms with Crippen molar-refractivity contribution in [1.82, 2.24) is 4.98 Å². The number of nitrogens with zero attached hydrogens (tertiary/aromatic N) is 1. The number of anilines is 1. The molecule has 1 aromatic heterocycles. The zero-order valence-corrected chi connectivity index (χ0v) is 12.9. The molecule has 0 amide bonds. The predicted molar refractivity (Wildman–Crippen MR) is 88.4 cm³/mol. The first-order chi connectivity index (χ1) is 9.47. The van der Waals surface area contributed by atoms with Gasteiger partial charge in [0.25, 0.3) is 0 Å². The van der Waals surface area contributed by atoms with E-state index in [4.69, 9.17) is 29.6 Å². The Labute approximate surface area is 129 Å². The SMILES string of the molecule is Cc1ccc(C(N)=S)c(NC(C)c2cccc(Cl)c2)n1. The molecule has 0 saturated carbocycles. The maximum Gasteiger partial charge on any atom is 0.136 e. The van der Waals surface area contributed by atoms with Gasteiger partial charge in [-0.25, -0.2) is 4.98 Å². The molecular weight excluding hydrogens is 290 g/mol. The minimum atomic E-state index is 0.0519. The molecule has 0 bridgehead atoms. The topological polar surface area (TPSA) is 50.9 Å². The van der Waals surface area contributed by atoms with E-state index in [1.54, 1.807) is 0 Å². The molecule has 0 aliphatic heterocycles. The van der Waals surface area contributed by atoms with Crippen LogP contribution >= 0.6 is 23.8 Å². The molecule has 104 valence electrons. The van der Waals surface area contributed by atoms with Crippen molar-refractivity contribution in [3.63, 3.8) is 0 Å². The number of thiocarbonyl (C=S) groups is 1. The molecule has 0 saturated heterocycles. The molecule has 1 aromatic carbocycles. The van der Waals surface area contributed by atoms with Gasteiger partial charge in [-0.2, -0.15) is 0 Å². The molecule has 0 radical (unpaired) electrons. The Morgan fingerprint density at radius 3 is 2.75 bits per heavy atom. The van der Waals surface area contributed by atoms with E-state index in [1.807, 2.05) is 50.2 Å². The van der Waals surface area contributed by atoms with E-state index < -0.39 is 0 Å². The van der Waals surface area contributed by atoms with Crippen molar-refractivity contribution in [2.45, 2.75) is 19.9 Å². The van der Waals surface area contributed by atoms with E-state index in [0.717, 1.165) is 16.8 Å². The molecule has 5 heteroatoms. The molecule has 0 fully saturated rings. The molecule has 1 unspecified atom stereocenters. The molecule has 3 nitrogen and oxygen atoms in total. The minimum absolute atomic E-state index is 0.0519. The maximum atomic E-state index is 6.01. The number of nitrogens with one attached hydrogen (secondary N) is 1. The summed E-state index contributed by atoms with van der Waals surface area (Å²) < 4.78 is 0. The highest BCUT2D eigenvalue weighted by molar-refractivity contribution is 7.80. The van der Waals surface area contributed by atoms with E-state index >= 15 is 0 Å². The van der Waals surface area contributed by atoms with Crippen LogP contribution in [0.4, 0.5) is 5.82 Å². The Morgan fingerprint density at radius 1 is 1.35 bits per heavy atom. The number of rotatable bonds is 4. The van der Waals surface area contributed by atoms with Gasteiger partial charge in [-0.3, -0.25) is 0 Å². The lowest BCUT2D eigenvalue weighted by atomic mass is 10.1. The number of aromatic nitrogens is 1. The molecule has 0 aliphatic rings. The first kappa shape index (κ1) is 14.8. The zero-order valence-electron chi connectivity index (χ0n) is 11.4. The summed E-state index contributed by atoms with van der Waals surface area (Å²) in [6.45, 7) is 3.97. The molecule has 0 spiro atoms. The normalized spacial score (nSPS) is 11.9. The van der Waals surface area contributed by atoms with Crippen molar-refractivity contribution in [3.05, 3.63) is 58.2 Å². The first-order valence-electron chi connectivity index (χ1n) is 6.27. The summed E-state index contributed by atoms with van der Waals surface area (Å²) in [4.78, 5) is 4.80. The van der Waals surface area contributed by atoms with Crippen molar-refractivity contribution in [3.8, 4) is 0 Å². The van der Waals surface area contributed by atoms with Gasteiger partial charge in [-0.1, -0.05) is 36.0 Å². The number of benzene rings is 1. The van der Waals surface area contributed by atoms with Crippen LogP contribution in [0, 0.1) is 6.92 Å². The number of hydrogen-bond donors (Lipinski definition) is 2. The molecule has 1 heterocycles. The Balaban J connectivity index is 2.29. The molecular formula is C15H16ClN3S. The van der Waals surface area contributed by atoms with Gasteiger partial charge >= 0.3 is 0 Å². The highest BCUT2D eigenvalue weighted by atomic mass is 35.5. The number of hydrogen-bond acceptors (Lipinski definition) is 3. The largest absolute Gasteiger partial charge is 0.389 e. The first-order valence-corrected chi connectivity index (χ1v) is 7.05. The van der Waals surface area contributed by atoms with Crippen molar-refractivity contribution < 1.29 is 0 Å². The highest BCUT2D eigenvalue weighted by Gasteiger charge is 2.12. The average Bonchev–Trinajstić information content (AvgIpc) is 2.38. The number of aryl methyl sites for hydroxylation is 1. The highest BCUT2D eigenvalue weighted by Crippen LogP contribution is 2.23. The molecule has 2 aromatic rings. The van der Waals surface area contributed by atoms with Crippen LogP contribution < -0.4 is 11.1 Å². The second-order valence-corrected chi connectivity index (χ2v) is 5.51. The van der Waals surface area contributed by atoms with Gasteiger partial charge in [0.2, 0.25) is 0 Å². The third kappa shape index (κ3) is 3.46. The van der Waals surface area contributed by atoms with Gasteiger partial charge in [0.1, 0.15) is 10.8 Å². The van der Waals surface area contributed by atoms with Crippen LogP contribution in [-0.2, 0) is 0 Å². The summed E-state index contributed by atoms with van der Waals surface area (Å²) >= 11 is 11.1. The summed E-state index contributed by atoms with van der Waals surface area (Å²) in [5.74, 6) is 0.699. The lowest BCUT2D eigenvalue weighted by Gasteiger charge is -2.18. The maximum absolute atomic E-state index is 6.01. The van der Waals surface area contributed by atoms with E-state index in [9.17, 15) is 0 Å². The van der Waals surface area contributed by atoms with Crippen molar-refractivity contribution >= 4 is 34.6 Å². The predicted octanol–water partition coefficient (Wildman–Crippen LogP) is 3.85. The van der Waals surface area contributed by atoms with E-state index in [1.165, 1.54) is 0 Å². The second kappa shape index (κ2) is 6.20. The molecule has 0 aliphatic carbocycles. The third-order valence-corrected chi connectivity index (χ3v) is 3.46. The van der Waals surface area contributed by atoms with Crippen molar-refractivity contribution in [1.29, 1.82) is 0 Å². The Kier molecular flexibility index (Phi) is 4.57. The average molecular weight is 306 g/mol. The van der Waals surface area contributed by atoms with Crippen LogP contribution in [-0.4, -0.2) is 9.97 Å². The monoisotopic (exact) mass is 305 g/mol. The molecule has 20 heavy (non-hydrogen) atoms. The number of pyridine rings is 1. The van der Waals surface area contributed by atoms with Gasteiger partial charge < -0.3 is 11.1 Å². The van der Waals surface area contributed by atoms with E-state index in [-0.39, 0.29) is 6.04 Å². The fourth-order valence-electron chi connectivity index (χ4n) is 1.93. The van der Waals surface area contributed by atoms with Crippen LogP contribution in [0.5, 0.6) is 0 Å². The molecule has 1 atom stereocenters. The van der Waals surface area contributed by atoms with Crippen molar-refractivity contribution in [2.75, 3.05) is 5.32 Å². The summed E-state index contributed by atoms with van der Waals surface area (Å²) in [7, 11) is 0. The second-order valence-electron chi connectivity index (χ2n) is 4.63. The fraction of sp³-hybridized carbons (Fsp3) is 0.200. The van der Waals surface area contributed by atoms with Crippen molar-refractivity contribution in [2.24, 2.45) is 5.73 Å². The van der Waals surface area contributed by atoms with Crippen LogP contribution in [0.2, 0.25) is 5.02 Å². The summed E-state index contributed by atoms with van der Waals surface area (Å²) in [6.07, 6.45) is 0. The lowest BCUT2D eigenvalue weighted by molar-refractivity contribution is 0.872. The van der Waals surface area contributed by atoms with Crippen LogP contribution in [0.25, 0.3) is 0 Å². The van der Waals surface area contributed by atoms with E-state index in [0.29, 0.717) is 15.8 Å². The summed E-state index contributed by atoms with van der Waals surface area (Å²) in [5, 5.41) is 4.05. The quantitative estimate of drug-likeness (QED) is 0.842. The minimum Gasteiger partial charge on any atom is -0.389 e.